The van der Waals surface area contributed by atoms with Gasteiger partial charge in [-0.3, -0.25) is 19.7 Å². The van der Waals surface area contributed by atoms with Crippen LogP contribution in [0.5, 0.6) is 0 Å². The molecule has 0 aliphatic heterocycles. The molecule has 0 aliphatic rings. The van der Waals surface area contributed by atoms with E-state index in [1.807, 2.05) is 6.92 Å². The Morgan fingerprint density at radius 2 is 1.59 bits per heavy atom. The first-order valence-electron chi connectivity index (χ1n) is 7.71. The van der Waals surface area contributed by atoms with Crippen molar-refractivity contribution >= 4 is 33.2 Å². The summed E-state index contributed by atoms with van der Waals surface area (Å²) in [4.78, 5) is 33.6. The average Bonchev–Trinajstić information content (AvgIpc) is 2.57. The maximum Gasteiger partial charge on any atom is 0.323 e. The third-order valence-corrected chi connectivity index (χ3v) is 5.02. The second-order valence-electron chi connectivity index (χ2n) is 5.92. The van der Waals surface area contributed by atoms with Gasteiger partial charge < -0.3 is 5.32 Å². The Labute approximate surface area is 155 Å². The van der Waals surface area contributed by atoms with Crippen LogP contribution >= 0.6 is 0 Å². The van der Waals surface area contributed by atoms with Crippen molar-refractivity contribution in [2.75, 3.05) is 5.32 Å². The predicted octanol–water partition coefficient (Wildman–Crippen LogP) is 1.96. The molecule has 27 heavy (non-hydrogen) atoms. The normalized spacial score (nSPS) is 10.9. The fourth-order valence-corrected chi connectivity index (χ4v) is 3.53. The summed E-state index contributed by atoms with van der Waals surface area (Å²) in [6.07, 6.45) is 0. The van der Waals surface area contributed by atoms with E-state index in [2.05, 4.69) is 5.32 Å². The fourth-order valence-electron chi connectivity index (χ4n) is 2.54. The lowest BCUT2D eigenvalue weighted by atomic mass is 10.1. The molecule has 0 bridgehead atoms. The molecule has 2 N–H and O–H groups in total. The van der Waals surface area contributed by atoms with Gasteiger partial charge in [0, 0.05) is 17.8 Å². The van der Waals surface area contributed by atoms with Crippen LogP contribution in [-0.2, 0) is 19.6 Å². The summed E-state index contributed by atoms with van der Waals surface area (Å²) in [6, 6.07) is 7.75. The highest BCUT2D eigenvalue weighted by molar-refractivity contribution is 7.90. The number of rotatable bonds is 4. The molecule has 0 unspecified atom stereocenters. The van der Waals surface area contributed by atoms with Crippen molar-refractivity contribution in [1.29, 1.82) is 0 Å². The molecule has 0 atom stereocenters. The first-order valence-corrected chi connectivity index (χ1v) is 9.20. The highest BCUT2D eigenvalue weighted by Gasteiger charge is 2.25. The van der Waals surface area contributed by atoms with Gasteiger partial charge >= 0.3 is 11.8 Å². The van der Waals surface area contributed by atoms with E-state index in [4.69, 9.17) is 0 Å². The molecule has 0 fully saturated rings. The monoisotopic (exact) mass is 391 g/mol. The molecule has 0 aromatic heterocycles. The van der Waals surface area contributed by atoms with Gasteiger partial charge in [-0.15, -0.1) is 0 Å². The van der Waals surface area contributed by atoms with Gasteiger partial charge in [-0.05, 0) is 38.0 Å². The van der Waals surface area contributed by atoms with Crippen molar-refractivity contribution in [3.05, 3.63) is 63.2 Å². The molecular weight excluding hydrogens is 374 g/mol. The second-order valence-corrected chi connectivity index (χ2v) is 7.60. The Hall–Kier alpha value is -3.27. The minimum absolute atomic E-state index is 0.411. The van der Waals surface area contributed by atoms with Gasteiger partial charge in [0.05, 0.1) is 9.82 Å². The number of nitro groups is 1. The zero-order valence-electron chi connectivity index (χ0n) is 14.8. The van der Waals surface area contributed by atoms with E-state index in [1.165, 1.54) is 0 Å². The number of amides is 2. The van der Waals surface area contributed by atoms with Gasteiger partial charge in [-0.25, -0.2) is 13.1 Å². The van der Waals surface area contributed by atoms with Gasteiger partial charge in [-0.2, -0.15) is 0 Å². The lowest BCUT2D eigenvalue weighted by Crippen LogP contribution is -2.39. The quantitative estimate of drug-likeness (QED) is 0.465. The largest absolute Gasteiger partial charge is 0.323 e. The zero-order valence-corrected chi connectivity index (χ0v) is 15.6. The highest BCUT2D eigenvalue weighted by Crippen LogP contribution is 2.22. The molecule has 2 amide bonds. The van der Waals surface area contributed by atoms with Crippen LogP contribution in [0.4, 0.5) is 11.4 Å². The van der Waals surface area contributed by atoms with E-state index in [0.717, 1.165) is 41.0 Å². The molecule has 2 rings (SSSR count). The number of non-ortho nitro benzene ring substituents is 1. The van der Waals surface area contributed by atoms with E-state index in [9.17, 15) is 28.1 Å². The number of hydrogen-bond acceptors (Lipinski definition) is 6. The lowest BCUT2D eigenvalue weighted by molar-refractivity contribution is -0.385. The van der Waals surface area contributed by atoms with Crippen LogP contribution in [0.1, 0.15) is 16.7 Å². The molecule has 0 heterocycles. The summed E-state index contributed by atoms with van der Waals surface area (Å²) in [5.41, 5.74) is 2.36. The number of nitrogens with one attached hydrogen (secondary N) is 2. The van der Waals surface area contributed by atoms with Crippen molar-refractivity contribution in [2.24, 2.45) is 0 Å². The molecule has 10 heteroatoms. The average molecular weight is 391 g/mol. The maximum absolute atomic E-state index is 12.2. The highest BCUT2D eigenvalue weighted by atomic mass is 32.2. The van der Waals surface area contributed by atoms with Crippen LogP contribution in [0.3, 0.4) is 0 Å². The van der Waals surface area contributed by atoms with Crippen molar-refractivity contribution in [3.8, 4) is 0 Å². The number of hydrogen-bond donors (Lipinski definition) is 2. The van der Waals surface area contributed by atoms with Crippen molar-refractivity contribution in [2.45, 2.75) is 25.7 Å². The third-order valence-electron chi connectivity index (χ3n) is 3.69. The summed E-state index contributed by atoms with van der Waals surface area (Å²) >= 11 is 0. The number of aryl methyl sites for hydroxylation is 3. The molecule has 0 radical (unpaired) electrons. The van der Waals surface area contributed by atoms with Gasteiger partial charge in [-0.1, -0.05) is 23.8 Å². The minimum atomic E-state index is -4.44. The van der Waals surface area contributed by atoms with Crippen molar-refractivity contribution < 1.29 is 22.9 Å². The number of nitrogens with zero attached hydrogens (tertiary/aromatic N) is 1. The number of carbonyl (C=O) groups is 2. The number of carbonyl (C=O) groups excluding carboxylic acids is 2. The number of nitro benzene ring substituents is 1. The third kappa shape index (κ3) is 4.67. The standard InChI is InChI=1S/C17H17N3O6S/c1-10-7-11(2)15(12(3)8-10)18-16(21)17(22)19-27(25,26)14-6-4-5-13(9-14)20(23)24/h4-9H,1-3H3,(H,18,21)(H,19,22). The second kappa shape index (κ2) is 7.54. The van der Waals surface area contributed by atoms with E-state index >= 15 is 0 Å². The molecule has 9 nitrogen and oxygen atoms in total. The van der Waals surface area contributed by atoms with Gasteiger partial charge in [0.15, 0.2) is 0 Å². The molecule has 0 saturated heterocycles. The Balaban J connectivity index is 2.20. The van der Waals surface area contributed by atoms with Crippen LogP contribution in [0.2, 0.25) is 0 Å². The molecule has 2 aromatic carbocycles. The molecule has 2 aromatic rings. The zero-order chi connectivity index (χ0) is 20.4. The van der Waals surface area contributed by atoms with Crippen LogP contribution in [-0.4, -0.2) is 25.2 Å². The first kappa shape index (κ1) is 20.0. The van der Waals surface area contributed by atoms with Crippen LogP contribution < -0.4 is 10.0 Å². The molecule has 0 spiro atoms. The van der Waals surface area contributed by atoms with Gasteiger partial charge in [0.2, 0.25) is 0 Å². The smallest absolute Gasteiger partial charge is 0.317 e. The number of anilines is 1. The fraction of sp³-hybridized carbons (Fsp3) is 0.176. The van der Waals surface area contributed by atoms with Gasteiger partial charge in [0.25, 0.3) is 15.7 Å². The Kier molecular flexibility index (Phi) is 5.60. The van der Waals surface area contributed by atoms with Crippen molar-refractivity contribution in [1.82, 2.24) is 4.72 Å². The Bertz CT molecular complexity index is 1020. The summed E-state index contributed by atoms with van der Waals surface area (Å²) in [5.74, 6) is -2.57. The number of sulfonamides is 1. The Morgan fingerprint density at radius 3 is 2.15 bits per heavy atom. The number of benzene rings is 2. The summed E-state index contributed by atoms with van der Waals surface area (Å²) in [5, 5.41) is 13.1. The van der Waals surface area contributed by atoms with E-state index < -0.39 is 37.3 Å². The summed E-state index contributed by atoms with van der Waals surface area (Å²) in [6.45, 7) is 5.37. The molecule has 0 aliphatic carbocycles. The predicted molar refractivity (Wildman–Crippen MR) is 97.7 cm³/mol. The SMILES string of the molecule is Cc1cc(C)c(NC(=O)C(=O)NS(=O)(=O)c2cccc([N+](=O)[O-])c2)c(C)c1. The Morgan fingerprint density at radius 1 is 1.00 bits per heavy atom. The summed E-state index contributed by atoms with van der Waals surface area (Å²) in [7, 11) is -4.44. The maximum atomic E-state index is 12.2. The first-order chi connectivity index (χ1) is 12.5. The van der Waals surface area contributed by atoms with E-state index in [1.54, 1.807) is 30.7 Å². The lowest BCUT2D eigenvalue weighted by Gasteiger charge is -2.13. The molecule has 142 valence electrons. The van der Waals surface area contributed by atoms with Crippen LogP contribution in [0.25, 0.3) is 0 Å². The topological polar surface area (TPSA) is 135 Å². The van der Waals surface area contributed by atoms with E-state index in [0.29, 0.717) is 5.69 Å². The van der Waals surface area contributed by atoms with E-state index in [-0.39, 0.29) is 0 Å². The van der Waals surface area contributed by atoms with Crippen molar-refractivity contribution in [3.63, 3.8) is 0 Å². The summed E-state index contributed by atoms with van der Waals surface area (Å²) < 4.78 is 26.0. The van der Waals surface area contributed by atoms with Crippen LogP contribution in [0, 0.1) is 30.9 Å². The minimum Gasteiger partial charge on any atom is -0.317 e. The van der Waals surface area contributed by atoms with Gasteiger partial charge in [0.1, 0.15) is 0 Å². The van der Waals surface area contributed by atoms with Crippen LogP contribution in [0.15, 0.2) is 41.3 Å². The molecule has 0 saturated carbocycles. The molecular formula is C17H17N3O6S.